The molecule has 0 aliphatic heterocycles. The Morgan fingerprint density at radius 1 is 0.705 bits per heavy atom. The van der Waals surface area contributed by atoms with Gasteiger partial charge in [-0.2, -0.15) is 0 Å². The van der Waals surface area contributed by atoms with Gasteiger partial charge >= 0.3 is 0 Å². The van der Waals surface area contributed by atoms with E-state index in [4.69, 9.17) is 5.11 Å². The first-order chi connectivity index (χ1) is 21.3. The molecule has 0 spiro atoms. The number of rotatable bonds is 8. The minimum Gasteiger partial charge on any atom is -0.512 e. The van der Waals surface area contributed by atoms with Crippen molar-refractivity contribution < 1.29 is 25.5 Å². The van der Waals surface area contributed by atoms with Gasteiger partial charge in [-0.25, -0.2) is 0 Å². The number of aliphatic hydroxyl groups is 5. The summed E-state index contributed by atoms with van der Waals surface area (Å²) in [4.78, 5) is 4.20. The number of nitrogens with one attached hydrogen (secondary N) is 1. The predicted molar refractivity (Wildman–Crippen MR) is 175 cm³/mol. The third-order valence-corrected chi connectivity index (χ3v) is 7.21. The van der Waals surface area contributed by atoms with E-state index in [2.05, 4.69) is 11.1 Å². The van der Waals surface area contributed by atoms with E-state index in [1.165, 1.54) is 13.0 Å². The lowest BCUT2D eigenvalue weighted by molar-refractivity contribution is 0.273. The third kappa shape index (κ3) is 6.07. The first kappa shape index (κ1) is 29.4. The minimum absolute atomic E-state index is 0.0726. The van der Waals surface area contributed by atoms with Crippen LogP contribution in [0.3, 0.4) is 0 Å². The number of fused-ring (bicyclic) bond motifs is 1. The summed E-state index contributed by atoms with van der Waals surface area (Å²) in [6.45, 7) is 1.30. The Morgan fingerprint density at radius 3 is 2.09 bits per heavy atom. The van der Waals surface area contributed by atoms with Gasteiger partial charge in [0, 0.05) is 29.1 Å². The molecule has 5 rings (SSSR count). The van der Waals surface area contributed by atoms with E-state index in [0.717, 1.165) is 33.0 Å². The third-order valence-electron chi connectivity index (χ3n) is 7.21. The second-order valence-corrected chi connectivity index (χ2v) is 10.1. The zero-order valence-electron chi connectivity index (χ0n) is 23.8. The molecule has 4 aromatic carbocycles. The maximum absolute atomic E-state index is 10.8. The van der Waals surface area contributed by atoms with E-state index in [0.29, 0.717) is 16.7 Å². The van der Waals surface area contributed by atoms with Crippen molar-refractivity contribution in [1.82, 2.24) is 4.98 Å². The lowest BCUT2D eigenvalue weighted by Crippen LogP contribution is -2.06. The standard InChI is InChI=1S/C37H30N2O5/c1-23(41)32(36(43)37(44)34(42)22-40)20-33(27-12-4-10-25(18-27)29-14-7-17-39-21-29)35(38)28-13-5-11-26(19-28)31-16-6-9-24-8-2-3-15-30(24)31/h2-22,38,40-44H,1H3/b32-23+,33-20-,34-22-,37-36-,38-35?. The van der Waals surface area contributed by atoms with Crippen molar-refractivity contribution in [3.8, 4) is 22.3 Å². The molecule has 0 unspecified atom stereocenters. The van der Waals surface area contributed by atoms with Crippen LogP contribution >= 0.6 is 0 Å². The minimum atomic E-state index is -1.04. The maximum atomic E-state index is 10.8. The molecule has 218 valence electrons. The van der Waals surface area contributed by atoms with Crippen LogP contribution in [0.2, 0.25) is 0 Å². The number of aromatic nitrogens is 1. The smallest absolute Gasteiger partial charge is 0.204 e. The molecule has 7 nitrogen and oxygen atoms in total. The number of hydrogen-bond donors (Lipinski definition) is 6. The molecule has 0 fully saturated rings. The molecule has 6 N–H and O–H groups in total. The van der Waals surface area contributed by atoms with Crippen LogP contribution < -0.4 is 0 Å². The number of aliphatic hydroxyl groups excluding tert-OH is 5. The molecular weight excluding hydrogens is 552 g/mol. The SMILES string of the molecule is C/C(O)=C(/C=C(\C(=N)c1cccc(-c2cccc3ccccc23)c1)c1cccc(-c2cccnc2)c1)C(\O)=C(O)/C(O)=C/O. The number of hydrogen-bond acceptors (Lipinski definition) is 7. The van der Waals surface area contributed by atoms with E-state index in [-0.39, 0.29) is 17.5 Å². The van der Waals surface area contributed by atoms with Crippen LogP contribution in [-0.4, -0.2) is 36.2 Å². The van der Waals surface area contributed by atoms with Crippen LogP contribution in [0.15, 0.2) is 156 Å². The Labute approximate surface area is 254 Å². The number of allylic oxidation sites excluding steroid dienone is 3. The average Bonchev–Trinajstić information content (AvgIpc) is 3.07. The molecule has 0 bridgehead atoms. The van der Waals surface area contributed by atoms with Gasteiger partial charge in [0.25, 0.3) is 0 Å². The maximum Gasteiger partial charge on any atom is 0.204 e. The Hall–Kier alpha value is -6.08. The summed E-state index contributed by atoms with van der Waals surface area (Å²) in [5, 5.41) is 62.1. The number of nitrogens with zero attached hydrogens (tertiary/aromatic N) is 1. The molecule has 0 amide bonds. The van der Waals surface area contributed by atoms with Gasteiger partial charge in [-0.15, -0.1) is 0 Å². The molecule has 1 heterocycles. The summed E-state index contributed by atoms with van der Waals surface area (Å²) in [5.74, 6) is -3.31. The Morgan fingerprint density at radius 2 is 1.36 bits per heavy atom. The van der Waals surface area contributed by atoms with E-state index in [9.17, 15) is 25.8 Å². The fourth-order valence-corrected chi connectivity index (χ4v) is 4.97. The molecule has 44 heavy (non-hydrogen) atoms. The molecule has 0 radical (unpaired) electrons. The van der Waals surface area contributed by atoms with E-state index < -0.39 is 23.0 Å². The van der Waals surface area contributed by atoms with Crippen molar-refractivity contribution in [2.24, 2.45) is 0 Å². The summed E-state index contributed by atoms with van der Waals surface area (Å²) < 4.78 is 0. The zero-order valence-corrected chi connectivity index (χ0v) is 23.8. The molecule has 0 aliphatic carbocycles. The molecule has 5 aromatic rings. The van der Waals surface area contributed by atoms with Crippen molar-refractivity contribution in [2.45, 2.75) is 6.92 Å². The van der Waals surface area contributed by atoms with Crippen LogP contribution in [0.1, 0.15) is 18.1 Å². The summed E-state index contributed by atoms with van der Waals surface area (Å²) in [6, 6.07) is 32.8. The van der Waals surface area contributed by atoms with Gasteiger partial charge in [0.1, 0.15) is 12.0 Å². The van der Waals surface area contributed by atoms with Gasteiger partial charge in [0.2, 0.25) is 5.76 Å². The van der Waals surface area contributed by atoms with Crippen molar-refractivity contribution in [3.63, 3.8) is 0 Å². The van der Waals surface area contributed by atoms with Crippen LogP contribution in [0.25, 0.3) is 38.6 Å². The quantitative estimate of drug-likeness (QED) is 0.0613. The van der Waals surface area contributed by atoms with Gasteiger partial charge in [-0.1, -0.05) is 84.9 Å². The summed E-state index contributed by atoms with van der Waals surface area (Å²) in [5.41, 5.74) is 4.86. The van der Waals surface area contributed by atoms with Crippen LogP contribution in [0.5, 0.6) is 0 Å². The Bertz CT molecular complexity index is 1980. The normalized spacial score (nSPS) is 13.3. The van der Waals surface area contributed by atoms with Gasteiger partial charge in [-0.3, -0.25) is 10.4 Å². The van der Waals surface area contributed by atoms with Crippen molar-refractivity contribution >= 4 is 22.1 Å². The van der Waals surface area contributed by atoms with Gasteiger partial charge < -0.3 is 25.5 Å². The van der Waals surface area contributed by atoms with Gasteiger partial charge in [0.15, 0.2) is 11.5 Å². The average molecular weight is 583 g/mol. The zero-order chi connectivity index (χ0) is 31.2. The Kier molecular flexibility index (Phi) is 8.58. The highest BCUT2D eigenvalue weighted by atomic mass is 16.3. The molecule has 0 atom stereocenters. The first-order valence-corrected chi connectivity index (χ1v) is 13.7. The Balaban J connectivity index is 1.69. The van der Waals surface area contributed by atoms with Gasteiger partial charge in [-0.05, 0) is 64.2 Å². The highest BCUT2D eigenvalue weighted by Crippen LogP contribution is 2.33. The second-order valence-electron chi connectivity index (χ2n) is 10.1. The highest BCUT2D eigenvalue weighted by Gasteiger charge is 2.20. The lowest BCUT2D eigenvalue weighted by Gasteiger charge is -2.15. The highest BCUT2D eigenvalue weighted by molar-refractivity contribution is 6.31. The van der Waals surface area contributed by atoms with E-state index in [1.54, 1.807) is 24.5 Å². The van der Waals surface area contributed by atoms with Crippen molar-refractivity contribution in [3.05, 3.63) is 168 Å². The fourth-order valence-electron chi connectivity index (χ4n) is 4.97. The van der Waals surface area contributed by atoms with Crippen molar-refractivity contribution in [2.75, 3.05) is 0 Å². The summed E-state index contributed by atoms with van der Waals surface area (Å²) in [7, 11) is 0. The second kappa shape index (κ2) is 12.8. The topological polar surface area (TPSA) is 138 Å². The number of benzene rings is 4. The molecule has 7 heteroatoms. The molecule has 0 saturated carbocycles. The molecule has 1 aromatic heterocycles. The number of pyridine rings is 1. The van der Waals surface area contributed by atoms with Crippen LogP contribution in [-0.2, 0) is 0 Å². The molecule has 0 aliphatic rings. The monoisotopic (exact) mass is 582 g/mol. The van der Waals surface area contributed by atoms with Crippen LogP contribution in [0, 0.1) is 5.41 Å². The van der Waals surface area contributed by atoms with E-state index in [1.807, 2.05) is 84.9 Å². The first-order valence-electron chi connectivity index (χ1n) is 13.7. The van der Waals surface area contributed by atoms with E-state index >= 15 is 0 Å². The largest absolute Gasteiger partial charge is 0.512 e. The predicted octanol–water partition coefficient (Wildman–Crippen LogP) is 9.14. The fraction of sp³-hybridized carbons (Fsp3) is 0.0270. The molecular formula is C37H30N2O5. The lowest BCUT2D eigenvalue weighted by atomic mass is 9.90. The van der Waals surface area contributed by atoms with Crippen LogP contribution in [0.4, 0.5) is 0 Å². The van der Waals surface area contributed by atoms with Gasteiger partial charge in [0.05, 0.1) is 11.3 Å². The summed E-state index contributed by atoms with van der Waals surface area (Å²) in [6.07, 6.45) is 4.98. The molecule has 0 saturated heterocycles. The van der Waals surface area contributed by atoms with Crippen molar-refractivity contribution in [1.29, 1.82) is 5.41 Å². The summed E-state index contributed by atoms with van der Waals surface area (Å²) >= 11 is 0.